The second-order valence-electron chi connectivity index (χ2n) is 4.96. The van der Waals surface area contributed by atoms with E-state index in [1.54, 1.807) is 0 Å². The van der Waals surface area contributed by atoms with Gasteiger partial charge in [0.1, 0.15) is 4.99 Å². The van der Waals surface area contributed by atoms with Crippen LogP contribution in [-0.2, 0) is 0 Å². The molecule has 0 aliphatic rings. The quantitative estimate of drug-likeness (QED) is 0.844. The second kappa shape index (κ2) is 5.92. The van der Waals surface area contributed by atoms with Crippen molar-refractivity contribution >= 4 is 34.3 Å². The van der Waals surface area contributed by atoms with Gasteiger partial charge in [-0.05, 0) is 48.9 Å². The highest BCUT2D eigenvalue weighted by atomic mass is 32.1. The van der Waals surface area contributed by atoms with Crippen molar-refractivity contribution in [2.24, 2.45) is 5.73 Å². The molecule has 4 heteroatoms. The number of hydrogen-bond donors (Lipinski definition) is 2. The number of thiocarbonyl (C=S) groups is 1. The SMILES string of the molecule is Cc1ccc(Nc2ccc(C(N)=S)cc2)cc1N(C)C. The lowest BCUT2D eigenvalue weighted by Crippen LogP contribution is -2.10. The second-order valence-corrected chi connectivity index (χ2v) is 5.40. The first-order chi connectivity index (χ1) is 9.47. The molecular formula is C16H19N3S. The highest BCUT2D eigenvalue weighted by Crippen LogP contribution is 2.25. The molecule has 2 rings (SSSR count). The van der Waals surface area contributed by atoms with Gasteiger partial charge in [0.15, 0.2) is 0 Å². The fourth-order valence-electron chi connectivity index (χ4n) is 2.05. The number of rotatable bonds is 4. The van der Waals surface area contributed by atoms with Crippen LogP contribution in [0.2, 0.25) is 0 Å². The first kappa shape index (κ1) is 14.3. The number of hydrogen-bond acceptors (Lipinski definition) is 3. The Balaban J connectivity index is 2.21. The largest absolute Gasteiger partial charge is 0.389 e. The number of benzene rings is 2. The molecule has 3 N–H and O–H groups in total. The standard InChI is InChI=1S/C16H19N3S/c1-11-4-7-14(10-15(11)19(2)3)18-13-8-5-12(6-9-13)16(17)20/h4-10,18H,1-3H3,(H2,17,20). The van der Waals surface area contributed by atoms with Crippen molar-refractivity contribution in [1.82, 2.24) is 0 Å². The zero-order valence-electron chi connectivity index (χ0n) is 12.0. The maximum absolute atomic E-state index is 5.59. The fourth-order valence-corrected chi connectivity index (χ4v) is 2.19. The van der Waals surface area contributed by atoms with Crippen LogP contribution in [-0.4, -0.2) is 19.1 Å². The molecule has 0 atom stereocenters. The Kier molecular flexibility index (Phi) is 4.25. The van der Waals surface area contributed by atoms with Crippen molar-refractivity contribution in [3.05, 3.63) is 53.6 Å². The predicted octanol–water partition coefficient (Wildman–Crippen LogP) is 3.44. The Morgan fingerprint density at radius 3 is 2.20 bits per heavy atom. The smallest absolute Gasteiger partial charge is 0.103 e. The van der Waals surface area contributed by atoms with Gasteiger partial charge in [0, 0.05) is 36.7 Å². The molecule has 0 radical (unpaired) electrons. The highest BCUT2D eigenvalue weighted by Gasteiger charge is 2.03. The monoisotopic (exact) mass is 285 g/mol. The van der Waals surface area contributed by atoms with Gasteiger partial charge in [0.2, 0.25) is 0 Å². The first-order valence-corrected chi connectivity index (χ1v) is 6.83. The average molecular weight is 285 g/mol. The van der Waals surface area contributed by atoms with Crippen LogP contribution in [0.5, 0.6) is 0 Å². The van der Waals surface area contributed by atoms with E-state index < -0.39 is 0 Å². The van der Waals surface area contributed by atoms with Crippen molar-refractivity contribution in [3.8, 4) is 0 Å². The molecule has 2 aromatic carbocycles. The molecule has 0 saturated carbocycles. The van der Waals surface area contributed by atoms with Gasteiger partial charge in [-0.1, -0.05) is 18.3 Å². The van der Waals surface area contributed by atoms with E-state index in [2.05, 4.69) is 35.3 Å². The molecule has 0 aliphatic heterocycles. The Morgan fingerprint density at radius 1 is 1.05 bits per heavy atom. The Morgan fingerprint density at radius 2 is 1.65 bits per heavy atom. The van der Waals surface area contributed by atoms with Crippen LogP contribution in [0.4, 0.5) is 17.1 Å². The predicted molar refractivity (Wildman–Crippen MR) is 91.1 cm³/mol. The number of aryl methyl sites for hydroxylation is 1. The summed E-state index contributed by atoms with van der Waals surface area (Å²) in [5.41, 5.74) is 11.0. The molecule has 0 aliphatic carbocycles. The van der Waals surface area contributed by atoms with Gasteiger partial charge in [-0.3, -0.25) is 0 Å². The van der Waals surface area contributed by atoms with Crippen LogP contribution in [0.25, 0.3) is 0 Å². The van der Waals surface area contributed by atoms with Crippen LogP contribution in [0.15, 0.2) is 42.5 Å². The van der Waals surface area contributed by atoms with Gasteiger partial charge in [0.25, 0.3) is 0 Å². The zero-order valence-corrected chi connectivity index (χ0v) is 12.8. The van der Waals surface area contributed by atoms with Gasteiger partial charge in [-0.15, -0.1) is 0 Å². The number of anilines is 3. The van der Waals surface area contributed by atoms with E-state index in [1.165, 1.54) is 11.3 Å². The minimum atomic E-state index is 0.418. The van der Waals surface area contributed by atoms with Crippen LogP contribution in [0.3, 0.4) is 0 Å². The average Bonchev–Trinajstić information content (AvgIpc) is 2.41. The molecular weight excluding hydrogens is 266 g/mol. The third-order valence-electron chi connectivity index (χ3n) is 3.15. The van der Waals surface area contributed by atoms with E-state index in [0.29, 0.717) is 4.99 Å². The Labute approximate surface area is 125 Å². The molecule has 20 heavy (non-hydrogen) atoms. The van der Waals surface area contributed by atoms with E-state index in [9.17, 15) is 0 Å². The lowest BCUT2D eigenvalue weighted by molar-refractivity contribution is 1.11. The summed E-state index contributed by atoms with van der Waals surface area (Å²) in [6.45, 7) is 2.11. The Bertz CT molecular complexity index is 618. The maximum atomic E-state index is 5.59. The van der Waals surface area contributed by atoms with Gasteiger partial charge >= 0.3 is 0 Å². The molecule has 3 nitrogen and oxygen atoms in total. The van der Waals surface area contributed by atoms with Crippen molar-refractivity contribution in [2.45, 2.75) is 6.92 Å². The van der Waals surface area contributed by atoms with Gasteiger partial charge in [-0.25, -0.2) is 0 Å². The normalized spacial score (nSPS) is 10.2. The fraction of sp³-hybridized carbons (Fsp3) is 0.188. The van der Waals surface area contributed by atoms with Crippen molar-refractivity contribution in [2.75, 3.05) is 24.3 Å². The molecule has 0 heterocycles. The summed E-state index contributed by atoms with van der Waals surface area (Å²) in [5.74, 6) is 0. The topological polar surface area (TPSA) is 41.3 Å². The summed E-state index contributed by atoms with van der Waals surface area (Å²) < 4.78 is 0. The summed E-state index contributed by atoms with van der Waals surface area (Å²) in [7, 11) is 4.09. The molecule has 0 saturated heterocycles. The Hall–Kier alpha value is -2.07. The van der Waals surface area contributed by atoms with Crippen molar-refractivity contribution in [1.29, 1.82) is 0 Å². The maximum Gasteiger partial charge on any atom is 0.103 e. The van der Waals surface area contributed by atoms with Gasteiger partial charge < -0.3 is 16.0 Å². The molecule has 0 fully saturated rings. The van der Waals surface area contributed by atoms with Crippen LogP contribution in [0, 0.1) is 6.92 Å². The summed E-state index contributed by atoms with van der Waals surface area (Å²) in [4.78, 5) is 2.53. The molecule has 0 spiro atoms. The molecule has 0 unspecified atom stereocenters. The third-order valence-corrected chi connectivity index (χ3v) is 3.38. The van der Waals surface area contributed by atoms with E-state index in [1.807, 2.05) is 38.4 Å². The third kappa shape index (κ3) is 3.27. The van der Waals surface area contributed by atoms with Gasteiger partial charge in [0.05, 0.1) is 0 Å². The highest BCUT2D eigenvalue weighted by molar-refractivity contribution is 7.80. The molecule has 0 aromatic heterocycles. The van der Waals surface area contributed by atoms with Crippen molar-refractivity contribution in [3.63, 3.8) is 0 Å². The van der Waals surface area contributed by atoms with Crippen molar-refractivity contribution < 1.29 is 0 Å². The van der Waals surface area contributed by atoms with Crippen LogP contribution >= 0.6 is 12.2 Å². The molecule has 0 bridgehead atoms. The minimum absolute atomic E-state index is 0.418. The summed E-state index contributed by atoms with van der Waals surface area (Å²) in [6, 6.07) is 14.1. The van der Waals surface area contributed by atoms with E-state index >= 15 is 0 Å². The lowest BCUT2D eigenvalue weighted by Gasteiger charge is -2.17. The first-order valence-electron chi connectivity index (χ1n) is 6.42. The summed E-state index contributed by atoms with van der Waals surface area (Å²) >= 11 is 4.95. The number of nitrogens with two attached hydrogens (primary N) is 1. The van der Waals surface area contributed by atoms with E-state index in [-0.39, 0.29) is 0 Å². The number of nitrogens with zero attached hydrogens (tertiary/aromatic N) is 1. The number of nitrogens with one attached hydrogen (secondary N) is 1. The summed E-state index contributed by atoms with van der Waals surface area (Å²) in [6.07, 6.45) is 0. The van der Waals surface area contributed by atoms with Gasteiger partial charge in [-0.2, -0.15) is 0 Å². The lowest BCUT2D eigenvalue weighted by atomic mass is 10.1. The van der Waals surface area contributed by atoms with Crippen LogP contribution < -0.4 is 16.0 Å². The summed E-state index contributed by atoms with van der Waals surface area (Å²) in [5, 5.41) is 3.38. The van der Waals surface area contributed by atoms with E-state index in [0.717, 1.165) is 16.9 Å². The molecule has 104 valence electrons. The molecule has 0 amide bonds. The molecule has 2 aromatic rings. The van der Waals surface area contributed by atoms with Crippen LogP contribution in [0.1, 0.15) is 11.1 Å². The van der Waals surface area contributed by atoms with E-state index in [4.69, 9.17) is 18.0 Å². The minimum Gasteiger partial charge on any atom is -0.389 e. The zero-order chi connectivity index (χ0) is 14.7.